The van der Waals surface area contributed by atoms with Crippen molar-refractivity contribution in [2.75, 3.05) is 18.8 Å². The lowest BCUT2D eigenvalue weighted by Crippen LogP contribution is -2.48. The third kappa shape index (κ3) is 5.31. The van der Waals surface area contributed by atoms with E-state index in [-0.39, 0.29) is 18.1 Å². The van der Waals surface area contributed by atoms with Crippen LogP contribution in [-0.4, -0.2) is 56.6 Å². The zero-order valence-electron chi connectivity index (χ0n) is 20.0. The third-order valence-corrected chi connectivity index (χ3v) is 6.75. The number of aromatic nitrogens is 3. The van der Waals surface area contributed by atoms with Crippen molar-refractivity contribution in [3.8, 4) is 17.1 Å². The summed E-state index contributed by atoms with van der Waals surface area (Å²) in [6, 6.07) is 16.7. The van der Waals surface area contributed by atoms with E-state index in [4.69, 9.17) is 4.74 Å². The highest BCUT2D eigenvalue weighted by Gasteiger charge is 2.27. The fourth-order valence-electron chi connectivity index (χ4n) is 4.25. The van der Waals surface area contributed by atoms with Crippen molar-refractivity contribution in [3.05, 3.63) is 59.7 Å². The SMILES string of the molecule is Cc1ccc(-c2nnc(SCC(=O)N3CC(C)OC(C)C3)n2-c2ccccc2C(C)C)cc1. The Hall–Kier alpha value is -2.64. The van der Waals surface area contributed by atoms with Gasteiger partial charge in [0.2, 0.25) is 5.91 Å². The number of morpholine rings is 1. The van der Waals surface area contributed by atoms with Crippen LogP contribution in [0.1, 0.15) is 44.7 Å². The van der Waals surface area contributed by atoms with E-state index >= 15 is 0 Å². The Bertz CT molecular complexity index is 1100. The number of thioether (sulfide) groups is 1. The number of hydrogen-bond acceptors (Lipinski definition) is 5. The Morgan fingerprint density at radius 3 is 2.39 bits per heavy atom. The van der Waals surface area contributed by atoms with Crippen molar-refractivity contribution in [3.63, 3.8) is 0 Å². The van der Waals surface area contributed by atoms with E-state index in [1.165, 1.54) is 22.9 Å². The van der Waals surface area contributed by atoms with Crippen LogP contribution in [0.25, 0.3) is 17.1 Å². The summed E-state index contributed by atoms with van der Waals surface area (Å²) in [6.07, 6.45) is 0.106. The average molecular weight is 465 g/mol. The molecule has 2 heterocycles. The fraction of sp³-hybridized carbons (Fsp3) is 0.423. The van der Waals surface area contributed by atoms with Gasteiger partial charge >= 0.3 is 0 Å². The highest BCUT2D eigenvalue weighted by molar-refractivity contribution is 7.99. The molecule has 33 heavy (non-hydrogen) atoms. The van der Waals surface area contributed by atoms with E-state index in [9.17, 15) is 4.79 Å². The second-order valence-electron chi connectivity index (χ2n) is 9.07. The van der Waals surface area contributed by atoms with Crippen molar-refractivity contribution in [2.24, 2.45) is 0 Å². The quantitative estimate of drug-likeness (QED) is 0.475. The van der Waals surface area contributed by atoms with Crippen molar-refractivity contribution in [1.29, 1.82) is 0 Å². The molecule has 1 saturated heterocycles. The van der Waals surface area contributed by atoms with Gasteiger partial charge in [0.05, 0.1) is 23.6 Å². The molecule has 2 atom stereocenters. The van der Waals surface area contributed by atoms with E-state index in [2.05, 4.69) is 78.0 Å². The van der Waals surface area contributed by atoms with Gasteiger partial charge in [0.25, 0.3) is 0 Å². The fourth-order valence-corrected chi connectivity index (χ4v) is 5.10. The van der Waals surface area contributed by atoms with Crippen LogP contribution in [0.4, 0.5) is 0 Å². The minimum atomic E-state index is 0.0532. The van der Waals surface area contributed by atoms with Gasteiger partial charge in [-0.25, -0.2) is 0 Å². The molecule has 2 unspecified atom stereocenters. The molecule has 4 rings (SSSR count). The van der Waals surface area contributed by atoms with E-state index in [1.54, 1.807) is 0 Å². The molecule has 0 bridgehead atoms. The molecule has 1 amide bonds. The molecule has 7 heteroatoms. The van der Waals surface area contributed by atoms with E-state index in [1.807, 2.05) is 24.8 Å². The number of benzene rings is 2. The summed E-state index contributed by atoms with van der Waals surface area (Å²) < 4.78 is 7.88. The number of carbonyl (C=O) groups is 1. The lowest BCUT2D eigenvalue weighted by molar-refractivity contribution is -0.140. The first-order valence-electron chi connectivity index (χ1n) is 11.5. The standard InChI is InChI=1S/C26H32N4O2S/c1-17(2)22-8-6-7-9-23(22)30-25(21-12-10-18(3)11-13-21)27-28-26(30)33-16-24(31)29-14-19(4)32-20(5)15-29/h6-13,17,19-20H,14-16H2,1-5H3. The van der Waals surface area contributed by atoms with Crippen molar-refractivity contribution in [2.45, 2.75) is 57.9 Å². The molecule has 1 aliphatic rings. The molecule has 2 aromatic carbocycles. The Morgan fingerprint density at radius 1 is 1.06 bits per heavy atom. The second kappa shape index (κ2) is 10.1. The summed E-state index contributed by atoms with van der Waals surface area (Å²) in [5.74, 6) is 1.54. The summed E-state index contributed by atoms with van der Waals surface area (Å²) in [4.78, 5) is 14.9. The van der Waals surface area contributed by atoms with Gasteiger partial charge in [-0.05, 0) is 38.3 Å². The number of aryl methyl sites for hydroxylation is 1. The lowest BCUT2D eigenvalue weighted by atomic mass is 10.0. The summed E-state index contributed by atoms with van der Waals surface area (Å²) >= 11 is 1.44. The second-order valence-corrected chi connectivity index (χ2v) is 10.0. The Kier molecular flexibility index (Phi) is 7.20. The molecule has 0 N–H and O–H groups in total. The minimum absolute atomic E-state index is 0.0532. The molecule has 3 aromatic rings. The topological polar surface area (TPSA) is 60.3 Å². The van der Waals surface area contributed by atoms with Crippen molar-refractivity contribution >= 4 is 17.7 Å². The number of amides is 1. The van der Waals surface area contributed by atoms with Crippen LogP contribution in [0.3, 0.4) is 0 Å². The number of rotatable bonds is 6. The highest BCUT2D eigenvalue weighted by atomic mass is 32.2. The van der Waals surface area contributed by atoms with Gasteiger partial charge in [0, 0.05) is 18.7 Å². The monoisotopic (exact) mass is 464 g/mol. The number of para-hydroxylation sites is 1. The molecule has 6 nitrogen and oxygen atoms in total. The van der Waals surface area contributed by atoms with Crippen LogP contribution in [0.2, 0.25) is 0 Å². The summed E-state index contributed by atoms with van der Waals surface area (Å²) in [6.45, 7) is 11.7. The van der Waals surface area contributed by atoms with Crippen LogP contribution in [0.5, 0.6) is 0 Å². The molecule has 0 spiro atoms. The summed E-state index contributed by atoms with van der Waals surface area (Å²) in [5, 5.41) is 9.80. The van der Waals surface area contributed by atoms with Gasteiger partial charge in [-0.3, -0.25) is 9.36 Å². The molecule has 174 valence electrons. The highest BCUT2D eigenvalue weighted by Crippen LogP contribution is 2.32. The number of carbonyl (C=O) groups excluding carboxylic acids is 1. The molecule has 0 aliphatic carbocycles. The lowest BCUT2D eigenvalue weighted by Gasteiger charge is -2.35. The minimum Gasteiger partial charge on any atom is -0.372 e. The smallest absolute Gasteiger partial charge is 0.233 e. The summed E-state index contributed by atoms with van der Waals surface area (Å²) in [5.41, 5.74) is 4.47. The Morgan fingerprint density at radius 2 is 1.73 bits per heavy atom. The molecular weight excluding hydrogens is 432 g/mol. The molecule has 1 aromatic heterocycles. The first kappa shape index (κ1) is 23.5. The van der Waals surface area contributed by atoms with Crippen LogP contribution < -0.4 is 0 Å². The van der Waals surface area contributed by atoms with Crippen molar-refractivity contribution < 1.29 is 9.53 Å². The summed E-state index contributed by atoms with van der Waals surface area (Å²) in [7, 11) is 0. The van der Waals surface area contributed by atoms with Gasteiger partial charge < -0.3 is 9.64 Å². The first-order chi connectivity index (χ1) is 15.8. The van der Waals surface area contributed by atoms with Gasteiger partial charge in [0.1, 0.15) is 0 Å². The maximum absolute atomic E-state index is 13.0. The van der Waals surface area contributed by atoms with Gasteiger partial charge in [0.15, 0.2) is 11.0 Å². The van der Waals surface area contributed by atoms with E-state index < -0.39 is 0 Å². The maximum Gasteiger partial charge on any atom is 0.233 e. The van der Waals surface area contributed by atoms with E-state index in [0.29, 0.717) is 24.8 Å². The zero-order chi connectivity index (χ0) is 23.5. The molecule has 0 radical (unpaired) electrons. The predicted octanol–water partition coefficient (Wildman–Crippen LogP) is 5.09. The van der Waals surface area contributed by atoms with Crippen LogP contribution >= 0.6 is 11.8 Å². The number of nitrogens with zero attached hydrogens (tertiary/aromatic N) is 4. The van der Waals surface area contributed by atoms with Crippen LogP contribution in [0.15, 0.2) is 53.7 Å². The zero-order valence-corrected chi connectivity index (χ0v) is 20.8. The Labute approximate surface area is 200 Å². The Balaban J connectivity index is 1.67. The molecule has 1 fully saturated rings. The molecule has 0 saturated carbocycles. The number of ether oxygens (including phenoxy) is 1. The first-order valence-corrected chi connectivity index (χ1v) is 12.5. The van der Waals surface area contributed by atoms with Crippen LogP contribution in [0, 0.1) is 6.92 Å². The van der Waals surface area contributed by atoms with Crippen LogP contribution in [-0.2, 0) is 9.53 Å². The third-order valence-electron chi connectivity index (χ3n) is 5.84. The predicted molar refractivity (Wildman–Crippen MR) is 133 cm³/mol. The van der Waals surface area contributed by atoms with Crippen molar-refractivity contribution in [1.82, 2.24) is 19.7 Å². The molecule has 1 aliphatic heterocycles. The van der Waals surface area contributed by atoms with E-state index in [0.717, 1.165) is 22.2 Å². The largest absolute Gasteiger partial charge is 0.372 e. The maximum atomic E-state index is 13.0. The average Bonchev–Trinajstić information content (AvgIpc) is 3.21. The van der Waals surface area contributed by atoms with Gasteiger partial charge in [-0.1, -0.05) is 73.6 Å². The number of hydrogen-bond donors (Lipinski definition) is 0. The van der Waals surface area contributed by atoms with Gasteiger partial charge in [-0.2, -0.15) is 0 Å². The molecular formula is C26H32N4O2S. The normalized spacial score (nSPS) is 18.7. The van der Waals surface area contributed by atoms with Gasteiger partial charge in [-0.15, -0.1) is 10.2 Å².